The van der Waals surface area contributed by atoms with Crippen LogP contribution in [0.3, 0.4) is 0 Å². The van der Waals surface area contributed by atoms with Gasteiger partial charge >= 0.3 is 0 Å². The third-order valence-electron chi connectivity index (χ3n) is 6.99. The molecule has 1 fully saturated rings. The van der Waals surface area contributed by atoms with Gasteiger partial charge in [0.15, 0.2) is 5.11 Å². The Bertz CT molecular complexity index is 1530. The molecule has 3 heterocycles. The first-order valence-corrected chi connectivity index (χ1v) is 12.7. The Morgan fingerprint density at radius 3 is 2.39 bits per heavy atom. The molecule has 0 bridgehead atoms. The van der Waals surface area contributed by atoms with Crippen LogP contribution in [0.4, 0.5) is 11.4 Å². The highest BCUT2D eigenvalue weighted by molar-refractivity contribution is 7.80. The molecule has 8 nitrogen and oxygen atoms in total. The number of aryl methyl sites for hydroxylation is 3. The molecule has 5 rings (SSSR count). The minimum atomic E-state index is -0.419. The van der Waals surface area contributed by atoms with Gasteiger partial charge in [0.2, 0.25) is 0 Å². The summed E-state index contributed by atoms with van der Waals surface area (Å²) in [6.45, 7) is 8.25. The van der Waals surface area contributed by atoms with E-state index in [9.17, 15) is 10.1 Å². The molecule has 2 aromatic heterocycles. The summed E-state index contributed by atoms with van der Waals surface area (Å²) >= 11 is 5.91. The van der Waals surface area contributed by atoms with E-state index in [2.05, 4.69) is 64.8 Å². The zero-order chi connectivity index (χ0) is 27.1. The molecule has 1 N–H and O–H groups in total. The molecular weight excluding hydrogens is 498 g/mol. The van der Waals surface area contributed by atoms with E-state index in [4.69, 9.17) is 17.0 Å². The molecule has 0 unspecified atom stereocenters. The van der Waals surface area contributed by atoms with Gasteiger partial charge in [-0.05, 0) is 93.0 Å². The first kappa shape index (κ1) is 25.4. The van der Waals surface area contributed by atoms with Crippen LogP contribution in [0.25, 0.3) is 5.69 Å². The molecule has 0 saturated carbocycles. The monoisotopic (exact) mass is 527 g/mol. The van der Waals surface area contributed by atoms with Crippen LogP contribution in [-0.4, -0.2) is 26.7 Å². The minimum absolute atomic E-state index is 0.0187. The summed E-state index contributed by atoms with van der Waals surface area (Å²) in [6.07, 6.45) is 1.79. The summed E-state index contributed by atoms with van der Waals surface area (Å²) in [7, 11) is 1.52. The molecule has 1 saturated heterocycles. The molecule has 1 aliphatic rings. The summed E-state index contributed by atoms with van der Waals surface area (Å²) < 4.78 is 7.66. The predicted molar refractivity (Wildman–Crippen MR) is 152 cm³/mol. The molecule has 0 radical (unpaired) electrons. The van der Waals surface area contributed by atoms with Gasteiger partial charge in [-0.25, -0.2) is 0 Å². The van der Waals surface area contributed by atoms with E-state index < -0.39 is 4.92 Å². The zero-order valence-corrected chi connectivity index (χ0v) is 22.7. The standard InChI is InChI=1S/C29H29N5O3S/c1-17-12-18(2)14-22(13-17)33-28(27(31-29(33)38)24-8-6-7-11-30-24)23-15-19(3)32(20(23)4)25-10-9-21(34(35)36)16-26(25)37-5/h6-16,27-28H,1-5H3,(H,31,38)/t27-,28+/m0/s1. The molecule has 0 spiro atoms. The van der Waals surface area contributed by atoms with Crippen molar-refractivity contribution in [2.45, 2.75) is 39.8 Å². The number of hydrogen-bond acceptors (Lipinski definition) is 5. The maximum atomic E-state index is 11.4. The lowest BCUT2D eigenvalue weighted by Gasteiger charge is -2.29. The number of nitro benzene ring substituents is 1. The molecule has 38 heavy (non-hydrogen) atoms. The van der Waals surface area contributed by atoms with Crippen molar-refractivity contribution >= 4 is 28.7 Å². The maximum Gasteiger partial charge on any atom is 0.273 e. The first-order valence-electron chi connectivity index (χ1n) is 12.3. The van der Waals surface area contributed by atoms with Crippen LogP contribution in [0, 0.1) is 37.8 Å². The Kier molecular flexibility index (Phi) is 6.62. The van der Waals surface area contributed by atoms with Gasteiger partial charge in [0.1, 0.15) is 5.75 Å². The van der Waals surface area contributed by atoms with Crippen LogP contribution in [0.5, 0.6) is 5.75 Å². The lowest BCUT2D eigenvalue weighted by Crippen LogP contribution is -2.29. The highest BCUT2D eigenvalue weighted by atomic mass is 32.1. The second kappa shape index (κ2) is 9.90. The van der Waals surface area contributed by atoms with Gasteiger partial charge in [-0.3, -0.25) is 15.1 Å². The molecule has 1 aliphatic heterocycles. The summed E-state index contributed by atoms with van der Waals surface area (Å²) in [6, 6.07) is 18.8. The number of thiocarbonyl (C=S) groups is 1. The fraction of sp³-hybridized carbons (Fsp3) is 0.241. The van der Waals surface area contributed by atoms with Crippen LogP contribution >= 0.6 is 12.2 Å². The number of nitrogens with zero attached hydrogens (tertiary/aromatic N) is 4. The van der Waals surface area contributed by atoms with Crippen LogP contribution in [0.15, 0.2) is 66.9 Å². The van der Waals surface area contributed by atoms with Crippen LogP contribution in [-0.2, 0) is 0 Å². The Labute approximate surface area is 227 Å². The molecule has 194 valence electrons. The number of anilines is 1. The topological polar surface area (TPSA) is 85.5 Å². The second-order valence-corrected chi connectivity index (χ2v) is 10.0. The third-order valence-corrected chi connectivity index (χ3v) is 7.30. The number of pyridine rings is 1. The predicted octanol–water partition coefficient (Wildman–Crippen LogP) is 6.20. The normalized spacial score (nSPS) is 17.0. The van der Waals surface area contributed by atoms with Crippen molar-refractivity contribution in [3.05, 3.63) is 111 Å². The van der Waals surface area contributed by atoms with Crippen LogP contribution in [0.2, 0.25) is 0 Å². The van der Waals surface area contributed by atoms with Crippen molar-refractivity contribution in [1.29, 1.82) is 0 Å². The fourth-order valence-corrected chi connectivity index (χ4v) is 5.81. The Hall–Kier alpha value is -4.24. The molecule has 2 aromatic carbocycles. The summed E-state index contributed by atoms with van der Waals surface area (Å²) in [5, 5.41) is 15.5. The van der Waals surface area contributed by atoms with E-state index in [1.807, 2.05) is 25.1 Å². The highest BCUT2D eigenvalue weighted by Gasteiger charge is 2.42. The largest absolute Gasteiger partial charge is 0.494 e. The van der Waals surface area contributed by atoms with E-state index in [0.29, 0.717) is 10.9 Å². The molecular formula is C29H29N5O3S. The number of non-ortho nitro benzene ring substituents is 1. The summed E-state index contributed by atoms with van der Waals surface area (Å²) in [4.78, 5) is 17.8. The Morgan fingerprint density at radius 2 is 1.76 bits per heavy atom. The van der Waals surface area contributed by atoms with Gasteiger partial charge in [-0.1, -0.05) is 12.1 Å². The van der Waals surface area contributed by atoms with E-state index in [1.54, 1.807) is 12.3 Å². The number of nitrogens with one attached hydrogen (secondary N) is 1. The van der Waals surface area contributed by atoms with Crippen LogP contribution in [0.1, 0.15) is 45.9 Å². The number of rotatable bonds is 6. The number of nitro groups is 1. The molecule has 0 aliphatic carbocycles. The van der Waals surface area contributed by atoms with Crippen LogP contribution < -0.4 is 15.0 Å². The van der Waals surface area contributed by atoms with E-state index in [1.165, 1.54) is 19.2 Å². The summed E-state index contributed by atoms with van der Waals surface area (Å²) in [5.74, 6) is 0.431. The van der Waals surface area contributed by atoms with Gasteiger partial charge in [-0.15, -0.1) is 0 Å². The number of methoxy groups -OCH3 is 1. The van der Waals surface area contributed by atoms with Crippen molar-refractivity contribution in [1.82, 2.24) is 14.9 Å². The van der Waals surface area contributed by atoms with Gasteiger partial charge in [0, 0.05) is 29.3 Å². The lowest BCUT2D eigenvalue weighted by atomic mass is 9.96. The molecule has 4 aromatic rings. The van der Waals surface area contributed by atoms with Crippen molar-refractivity contribution in [2.75, 3.05) is 12.0 Å². The first-order chi connectivity index (χ1) is 18.2. The smallest absolute Gasteiger partial charge is 0.273 e. The number of benzene rings is 2. The highest BCUT2D eigenvalue weighted by Crippen LogP contribution is 2.44. The average molecular weight is 528 g/mol. The molecule has 0 amide bonds. The quantitative estimate of drug-likeness (QED) is 0.182. The van der Waals surface area contributed by atoms with Gasteiger partial charge in [-0.2, -0.15) is 0 Å². The fourth-order valence-electron chi connectivity index (χ4n) is 5.46. The SMILES string of the molecule is COc1cc([N+](=O)[O-])ccc1-n1c(C)cc([C@@H]2[C@H](c3ccccn3)NC(=S)N2c2cc(C)cc(C)c2)c1C. The zero-order valence-electron chi connectivity index (χ0n) is 21.9. The van der Waals surface area contributed by atoms with Gasteiger partial charge in [0.25, 0.3) is 5.69 Å². The lowest BCUT2D eigenvalue weighted by molar-refractivity contribution is -0.384. The van der Waals surface area contributed by atoms with Crippen molar-refractivity contribution < 1.29 is 9.66 Å². The average Bonchev–Trinajstić information content (AvgIpc) is 3.38. The van der Waals surface area contributed by atoms with Gasteiger partial charge in [0.05, 0.1) is 41.6 Å². The van der Waals surface area contributed by atoms with Gasteiger partial charge < -0.3 is 19.5 Å². The minimum Gasteiger partial charge on any atom is -0.494 e. The van der Waals surface area contributed by atoms with E-state index in [0.717, 1.165) is 45.1 Å². The third kappa shape index (κ3) is 4.39. The van der Waals surface area contributed by atoms with Crippen molar-refractivity contribution in [2.24, 2.45) is 0 Å². The second-order valence-electron chi connectivity index (χ2n) is 9.62. The summed E-state index contributed by atoms with van der Waals surface area (Å²) in [5.41, 5.74) is 7.97. The molecule has 9 heteroatoms. The maximum absolute atomic E-state index is 11.4. The van der Waals surface area contributed by atoms with E-state index >= 15 is 0 Å². The number of hydrogen-bond donors (Lipinski definition) is 1. The Balaban J connectivity index is 1.70. The van der Waals surface area contributed by atoms with Crippen molar-refractivity contribution in [3.8, 4) is 11.4 Å². The number of ether oxygens (including phenoxy) is 1. The molecule has 2 atom stereocenters. The Morgan fingerprint density at radius 1 is 1.03 bits per heavy atom. The van der Waals surface area contributed by atoms with Crippen molar-refractivity contribution in [3.63, 3.8) is 0 Å². The number of aromatic nitrogens is 2. The van der Waals surface area contributed by atoms with E-state index in [-0.39, 0.29) is 17.8 Å².